The smallest absolute Gasteiger partial charge is 0.260 e. The Morgan fingerprint density at radius 1 is 1.03 bits per heavy atom. The number of aromatic nitrogens is 3. The van der Waals surface area contributed by atoms with Crippen molar-refractivity contribution in [2.24, 2.45) is 0 Å². The molecule has 0 spiro atoms. The van der Waals surface area contributed by atoms with Gasteiger partial charge in [0.25, 0.3) is 5.91 Å². The monoisotopic (exact) mass is 487 g/mol. The third kappa shape index (κ3) is 4.46. The van der Waals surface area contributed by atoms with Gasteiger partial charge in [-0.25, -0.2) is 9.97 Å². The van der Waals surface area contributed by atoms with E-state index in [9.17, 15) is 14.4 Å². The summed E-state index contributed by atoms with van der Waals surface area (Å²) < 4.78 is 3.06. The summed E-state index contributed by atoms with van der Waals surface area (Å²) in [5, 5.41) is 0.655. The molecule has 9 heteroatoms. The van der Waals surface area contributed by atoms with Crippen LogP contribution in [0.5, 0.6) is 0 Å². The Balaban J connectivity index is 1.44. The number of aryl methyl sites for hydroxylation is 3. The molecule has 178 valence electrons. The lowest BCUT2D eigenvalue weighted by atomic mass is 10.1. The summed E-state index contributed by atoms with van der Waals surface area (Å²) in [6.07, 6.45) is 6.57. The largest absolute Gasteiger partial charge is 0.337 e. The molecule has 0 atom stereocenters. The maximum Gasteiger partial charge on any atom is 0.260 e. The van der Waals surface area contributed by atoms with E-state index in [-0.39, 0.29) is 30.6 Å². The molecule has 1 aliphatic rings. The molecule has 1 fully saturated rings. The Labute approximate surface area is 206 Å². The molecule has 2 aromatic carbocycles. The van der Waals surface area contributed by atoms with Crippen molar-refractivity contribution in [3.8, 4) is 0 Å². The van der Waals surface area contributed by atoms with Crippen LogP contribution in [0, 0.1) is 13.8 Å². The molecule has 3 heterocycles. The number of imide groups is 1. The molecular weight excluding hydrogens is 462 g/mol. The van der Waals surface area contributed by atoms with Gasteiger partial charge in [0, 0.05) is 43.9 Å². The van der Waals surface area contributed by atoms with E-state index in [1.807, 2.05) is 23.8 Å². The van der Waals surface area contributed by atoms with Crippen molar-refractivity contribution in [2.75, 3.05) is 16.3 Å². The maximum atomic E-state index is 13.7. The van der Waals surface area contributed by atoms with Crippen molar-refractivity contribution >= 4 is 50.1 Å². The van der Waals surface area contributed by atoms with Crippen LogP contribution < -0.4 is 9.80 Å². The molecule has 8 nitrogen and oxygen atoms in total. The molecule has 4 aromatic rings. The van der Waals surface area contributed by atoms with E-state index in [4.69, 9.17) is 4.98 Å². The Bertz CT molecular complexity index is 1350. The normalized spacial score (nSPS) is 13.7. The number of nitrogens with zero attached hydrogens (tertiary/aromatic N) is 5. The Hall–Kier alpha value is -3.85. The number of rotatable bonds is 7. The third-order valence-electron chi connectivity index (χ3n) is 6.19. The van der Waals surface area contributed by atoms with Gasteiger partial charge in [-0.3, -0.25) is 24.2 Å². The van der Waals surface area contributed by atoms with E-state index in [1.165, 1.54) is 16.2 Å². The number of carbonyl (C=O) groups excluding carboxylic acids is 3. The van der Waals surface area contributed by atoms with Crippen molar-refractivity contribution in [3.63, 3.8) is 0 Å². The molecule has 3 amide bonds. The minimum atomic E-state index is -0.213. The average molecular weight is 488 g/mol. The van der Waals surface area contributed by atoms with Gasteiger partial charge in [0.2, 0.25) is 11.8 Å². The molecule has 0 N–H and O–H groups in total. The second-order valence-corrected chi connectivity index (χ2v) is 9.63. The van der Waals surface area contributed by atoms with Crippen molar-refractivity contribution in [1.29, 1.82) is 0 Å². The lowest BCUT2D eigenvalue weighted by molar-refractivity contribution is -0.121. The number of hydrogen-bond donors (Lipinski definition) is 0. The summed E-state index contributed by atoms with van der Waals surface area (Å²) in [5.74, 6) is -0.596. The number of carbonyl (C=O) groups is 3. The maximum absolute atomic E-state index is 13.7. The minimum absolute atomic E-state index is 0.171. The van der Waals surface area contributed by atoms with Crippen LogP contribution in [0.1, 0.15) is 40.7 Å². The van der Waals surface area contributed by atoms with E-state index in [2.05, 4.69) is 18.0 Å². The fourth-order valence-electron chi connectivity index (χ4n) is 4.25. The summed E-state index contributed by atoms with van der Waals surface area (Å²) in [6, 6.07) is 10.8. The molecule has 0 radical (unpaired) electrons. The topological polar surface area (TPSA) is 88.4 Å². The molecule has 0 unspecified atom stereocenters. The van der Waals surface area contributed by atoms with Gasteiger partial charge in [0.1, 0.15) is 0 Å². The number of anilines is 2. The number of imidazole rings is 1. The number of fused-ring (bicyclic) bond motifs is 1. The lowest BCUT2D eigenvalue weighted by Gasteiger charge is -2.21. The van der Waals surface area contributed by atoms with E-state index >= 15 is 0 Å². The van der Waals surface area contributed by atoms with E-state index in [1.54, 1.807) is 41.7 Å². The van der Waals surface area contributed by atoms with Crippen LogP contribution in [-0.4, -0.2) is 38.8 Å². The van der Waals surface area contributed by atoms with Crippen LogP contribution in [0.3, 0.4) is 0 Å². The SMILES string of the molecule is Cc1ccc(C)c2sc(N(CCCn3ccnc3)C(=O)c3ccc(N4C(=O)CCC4=O)cc3)nc12. The summed E-state index contributed by atoms with van der Waals surface area (Å²) in [5.41, 5.74) is 4.08. The molecule has 0 bridgehead atoms. The molecule has 5 rings (SSSR count). The average Bonchev–Trinajstić information content (AvgIpc) is 3.60. The van der Waals surface area contributed by atoms with Crippen LogP contribution in [0.15, 0.2) is 55.1 Å². The predicted octanol–water partition coefficient (Wildman–Crippen LogP) is 4.50. The first kappa shape index (κ1) is 22.9. The van der Waals surface area contributed by atoms with Crippen molar-refractivity contribution < 1.29 is 14.4 Å². The lowest BCUT2D eigenvalue weighted by Crippen LogP contribution is -2.32. The Morgan fingerprint density at radius 2 is 1.74 bits per heavy atom. The zero-order valence-electron chi connectivity index (χ0n) is 19.6. The summed E-state index contributed by atoms with van der Waals surface area (Å²) in [7, 11) is 0. The number of amides is 3. The van der Waals surface area contributed by atoms with Gasteiger partial charge in [0.05, 0.1) is 22.2 Å². The quantitative estimate of drug-likeness (QED) is 0.358. The van der Waals surface area contributed by atoms with Gasteiger partial charge in [-0.1, -0.05) is 23.5 Å². The summed E-state index contributed by atoms with van der Waals surface area (Å²) in [4.78, 5) is 49.6. The molecule has 0 aliphatic carbocycles. The molecule has 2 aromatic heterocycles. The van der Waals surface area contributed by atoms with Gasteiger partial charge in [0.15, 0.2) is 5.13 Å². The minimum Gasteiger partial charge on any atom is -0.337 e. The molecule has 35 heavy (non-hydrogen) atoms. The van der Waals surface area contributed by atoms with E-state index in [0.717, 1.165) is 34.3 Å². The molecule has 1 saturated heterocycles. The van der Waals surface area contributed by atoms with Crippen LogP contribution in [0.2, 0.25) is 0 Å². The fraction of sp³-hybridized carbons (Fsp3) is 0.269. The van der Waals surface area contributed by atoms with Gasteiger partial charge < -0.3 is 4.57 Å². The van der Waals surface area contributed by atoms with Gasteiger partial charge in [-0.2, -0.15) is 0 Å². The summed E-state index contributed by atoms with van der Waals surface area (Å²) in [6.45, 7) is 5.29. The predicted molar refractivity (Wildman–Crippen MR) is 136 cm³/mol. The van der Waals surface area contributed by atoms with E-state index in [0.29, 0.717) is 22.9 Å². The van der Waals surface area contributed by atoms with Gasteiger partial charge in [-0.15, -0.1) is 0 Å². The zero-order valence-corrected chi connectivity index (χ0v) is 20.4. The molecule has 1 aliphatic heterocycles. The molecular formula is C26H25N5O3S. The Morgan fingerprint density at radius 3 is 2.40 bits per heavy atom. The van der Waals surface area contributed by atoms with Crippen molar-refractivity contribution in [3.05, 3.63) is 71.8 Å². The third-order valence-corrected chi connectivity index (χ3v) is 7.40. The fourth-order valence-corrected chi connectivity index (χ4v) is 5.39. The highest BCUT2D eigenvalue weighted by Crippen LogP contribution is 2.34. The highest BCUT2D eigenvalue weighted by atomic mass is 32.1. The number of benzene rings is 2. The Kier molecular flexibility index (Phi) is 6.17. The second kappa shape index (κ2) is 9.42. The highest BCUT2D eigenvalue weighted by molar-refractivity contribution is 7.22. The van der Waals surface area contributed by atoms with Crippen molar-refractivity contribution in [1.82, 2.24) is 14.5 Å². The van der Waals surface area contributed by atoms with Crippen LogP contribution in [0.25, 0.3) is 10.2 Å². The van der Waals surface area contributed by atoms with Crippen LogP contribution in [-0.2, 0) is 16.1 Å². The van der Waals surface area contributed by atoms with Crippen LogP contribution >= 0.6 is 11.3 Å². The second-order valence-electron chi connectivity index (χ2n) is 8.65. The van der Waals surface area contributed by atoms with Crippen LogP contribution in [0.4, 0.5) is 10.8 Å². The zero-order chi connectivity index (χ0) is 24.5. The first-order valence-electron chi connectivity index (χ1n) is 11.5. The van der Waals surface area contributed by atoms with E-state index < -0.39 is 0 Å². The first-order chi connectivity index (χ1) is 16.9. The number of thiazole rings is 1. The standard InChI is InChI=1S/C26H25N5O3S/c1-17-4-5-18(2)24-23(17)28-26(35-24)30(14-3-13-29-15-12-27-16-29)25(34)19-6-8-20(9-7-19)31-21(32)10-11-22(31)33/h4-9,12,15-16H,3,10-11,13-14H2,1-2H3. The summed E-state index contributed by atoms with van der Waals surface area (Å²) >= 11 is 1.52. The van der Waals surface area contributed by atoms with Crippen molar-refractivity contribution in [2.45, 2.75) is 39.7 Å². The molecule has 0 saturated carbocycles. The number of hydrogen-bond acceptors (Lipinski definition) is 6. The highest BCUT2D eigenvalue weighted by Gasteiger charge is 2.30. The van der Waals surface area contributed by atoms with Gasteiger partial charge >= 0.3 is 0 Å². The first-order valence-corrected chi connectivity index (χ1v) is 12.3. The van der Waals surface area contributed by atoms with Gasteiger partial charge in [-0.05, 0) is 55.7 Å².